The van der Waals surface area contributed by atoms with Crippen LogP contribution < -0.4 is 5.32 Å². The van der Waals surface area contributed by atoms with Crippen molar-refractivity contribution in [3.63, 3.8) is 0 Å². The van der Waals surface area contributed by atoms with E-state index < -0.39 is 0 Å². The van der Waals surface area contributed by atoms with Gasteiger partial charge in [0.15, 0.2) is 0 Å². The normalized spacial score (nSPS) is 23.5. The highest BCUT2D eigenvalue weighted by Gasteiger charge is 2.17. The fourth-order valence-corrected chi connectivity index (χ4v) is 2.97. The summed E-state index contributed by atoms with van der Waals surface area (Å²) in [5, 5.41) is 3.63. The fourth-order valence-electron chi connectivity index (χ4n) is 2.97. The Balaban J connectivity index is 1.76. The van der Waals surface area contributed by atoms with Crippen LogP contribution in [-0.4, -0.2) is 13.7 Å². The number of benzene rings is 1. The molecule has 0 unspecified atom stereocenters. The van der Waals surface area contributed by atoms with Crippen molar-refractivity contribution in [2.75, 3.05) is 13.7 Å². The summed E-state index contributed by atoms with van der Waals surface area (Å²) in [5.41, 5.74) is 2.67. The average Bonchev–Trinajstić information content (AvgIpc) is 2.43. The van der Waals surface area contributed by atoms with Crippen molar-refractivity contribution in [2.45, 2.75) is 45.8 Å². The molecule has 0 saturated heterocycles. The van der Waals surface area contributed by atoms with Crippen molar-refractivity contribution in [1.29, 1.82) is 0 Å². The Kier molecular flexibility index (Phi) is 5.87. The van der Waals surface area contributed by atoms with Gasteiger partial charge in [-0.15, -0.1) is 0 Å². The molecule has 1 aliphatic carbocycles. The van der Waals surface area contributed by atoms with Gasteiger partial charge in [-0.1, -0.05) is 44.0 Å². The maximum absolute atomic E-state index is 5.25. The van der Waals surface area contributed by atoms with Crippen LogP contribution in [0.15, 0.2) is 24.3 Å². The topological polar surface area (TPSA) is 21.3 Å². The Morgan fingerprint density at radius 2 is 1.79 bits per heavy atom. The summed E-state index contributed by atoms with van der Waals surface area (Å²) in [6.07, 6.45) is 5.61. The molecule has 1 aliphatic rings. The second-order valence-electron chi connectivity index (χ2n) is 5.96. The molecular formula is C17H27NO. The lowest BCUT2D eigenvalue weighted by atomic mass is 9.83. The molecule has 106 valence electrons. The zero-order chi connectivity index (χ0) is 13.5. The van der Waals surface area contributed by atoms with Crippen LogP contribution in [0.1, 0.15) is 43.7 Å². The Hall–Kier alpha value is -0.860. The van der Waals surface area contributed by atoms with Crippen LogP contribution in [0, 0.1) is 11.8 Å². The maximum atomic E-state index is 5.25. The molecule has 0 aliphatic heterocycles. The molecule has 19 heavy (non-hydrogen) atoms. The molecule has 1 saturated carbocycles. The van der Waals surface area contributed by atoms with E-state index in [1.165, 1.54) is 36.8 Å². The smallest absolute Gasteiger partial charge is 0.0716 e. The minimum absolute atomic E-state index is 0.707. The molecule has 1 fully saturated rings. The number of hydrogen-bond donors (Lipinski definition) is 1. The second kappa shape index (κ2) is 7.66. The Morgan fingerprint density at radius 3 is 2.47 bits per heavy atom. The number of rotatable bonds is 6. The van der Waals surface area contributed by atoms with Gasteiger partial charge in [-0.2, -0.15) is 0 Å². The quantitative estimate of drug-likeness (QED) is 0.842. The molecule has 0 radical (unpaired) electrons. The minimum Gasteiger partial charge on any atom is -0.380 e. The highest BCUT2D eigenvalue weighted by molar-refractivity contribution is 5.26. The molecule has 0 amide bonds. The molecule has 1 aromatic rings. The molecule has 2 nitrogen and oxygen atoms in total. The zero-order valence-electron chi connectivity index (χ0n) is 12.3. The van der Waals surface area contributed by atoms with Gasteiger partial charge in [0.05, 0.1) is 6.61 Å². The van der Waals surface area contributed by atoms with Crippen LogP contribution in [0.4, 0.5) is 0 Å². The van der Waals surface area contributed by atoms with E-state index in [2.05, 4.69) is 36.5 Å². The van der Waals surface area contributed by atoms with E-state index in [1.54, 1.807) is 7.11 Å². The van der Waals surface area contributed by atoms with Crippen LogP contribution in [-0.2, 0) is 17.9 Å². The number of hydrogen-bond acceptors (Lipinski definition) is 2. The first-order chi connectivity index (χ1) is 9.29. The van der Waals surface area contributed by atoms with Crippen molar-refractivity contribution < 1.29 is 4.74 Å². The molecule has 1 N–H and O–H groups in total. The molecular weight excluding hydrogens is 234 g/mol. The third-order valence-electron chi connectivity index (χ3n) is 4.30. The van der Waals surface area contributed by atoms with E-state index in [1.807, 2.05) is 0 Å². The largest absolute Gasteiger partial charge is 0.380 e. The summed E-state index contributed by atoms with van der Waals surface area (Å²) in [4.78, 5) is 0. The van der Waals surface area contributed by atoms with E-state index >= 15 is 0 Å². The summed E-state index contributed by atoms with van der Waals surface area (Å²) in [5.74, 6) is 1.82. The highest BCUT2D eigenvalue weighted by Crippen LogP contribution is 2.27. The van der Waals surface area contributed by atoms with Gasteiger partial charge in [0.25, 0.3) is 0 Å². The Morgan fingerprint density at radius 1 is 1.11 bits per heavy atom. The van der Waals surface area contributed by atoms with E-state index in [9.17, 15) is 0 Å². The van der Waals surface area contributed by atoms with Crippen LogP contribution in [0.2, 0.25) is 0 Å². The molecule has 2 rings (SSSR count). The third-order valence-corrected chi connectivity index (χ3v) is 4.30. The first-order valence-corrected chi connectivity index (χ1v) is 7.56. The zero-order valence-corrected chi connectivity index (χ0v) is 12.3. The van der Waals surface area contributed by atoms with Gasteiger partial charge in [0.2, 0.25) is 0 Å². The lowest BCUT2D eigenvalue weighted by Gasteiger charge is -2.26. The fraction of sp³-hybridized carbons (Fsp3) is 0.647. The number of ether oxygens (including phenoxy) is 1. The molecule has 0 bridgehead atoms. The average molecular weight is 261 g/mol. The maximum Gasteiger partial charge on any atom is 0.0716 e. The van der Waals surface area contributed by atoms with Crippen molar-refractivity contribution in [3.8, 4) is 0 Å². The molecule has 0 aromatic heterocycles. The van der Waals surface area contributed by atoms with Gasteiger partial charge in [0.1, 0.15) is 0 Å². The molecule has 1 aromatic carbocycles. The molecule has 0 heterocycles. The summed E-state index contributed by atoms with van der Waals surface area (Å²) in [6, 6.07) is 8.55. The minimum atomic E-state index is 0.707. The van der Waals surface area contributed by atoms with Crippen LogP contribution in [0.3, 0.4) is 0 Å². The van der Waals surface area contributed by atoms with Gasteiger partial charge >= 0.3 is 0 Å². The predicted molar refractivity (Wildman–Crippen MR) is 80.0 cm³/mol. The summed E-state index contributed by atoms with van der Waals surface area (Å²) in [7, 11) is 1.76. The summed E-state index contributed by atoms with van der Waals surface area (Å²) >= 11 is 0. The van der Waals surface area contributed by atoms with Crippen molar-refractivity contribution in [2.24, 2.45) is 11.8 Å². The number of methoxy groups -OCH3 is 1. The molecule has 0 atom stereocenters. The van der Waals surface area contributed by atoms with Crippen molar-refractivity contribution in [3.05, 3.63) is 35.4 Å². The number of nitrogens with one attached hydrogen (secondary N) is 1. The van der Waals surface area contributed by atoms with Crippen LogP contribution in [0.25, 0.3) is 0 Å². The monoisotopic (exact) mass is 261 g/mol. The Labute approximate surface area is 117 Å². The van der Waals surface area contributed by atoms with Gasteiger partial charge in [-0.3, -0.25) is 0 Å². The predicted octanol–water partition coefficient (Wildman–Crippen LogP) is 3.75. The second-order valence-corrected chi connectivity index (χ2v) is 5.96. The first-order valence-electron chi connectivity index (χ1n) is 7.56. The van der Waals surface area contributed by atoms with Crippen LogP contribution >= 0.6 is 0 Å². The van der Waals surface area contributed by atoms with Gasteiger partial charge in [-0.05, 0) is 42.3 Å². The van der Waals surface area contributed by atoms with E-state index in [0.717, 1.165) is 24.9 Å². The SMILES string of the molecule is COCc1ccccc1CNCC1CCC(C)CC1. The highest BCUT2D eigenvalue weighted by atomic mass is 16.5. The lowest BCUT2D eigenvalue weighted by Crippen LogP contribution is -2.26. The molecule has 0 spiro atoms. The van der Waals surface area contributed by atoms with Gasteiger partial charge < -0.3 is 10.1 Å². The third kappa shape index (κ3) is 4.63. The van der Waals surface area contributed by atoms with Crippen molar-refractivity contribution in [1.82, 2.24) is 5.32 Å². The van der Waals surface area contributed by atoms with Gasteiger partial charge in [-0.25, -0.2) is 0 Å². The van der Waals surface area contributed by atoms with E-state index in [4.69, 9.17) is 4.74 Å². The van der Waals surface area contributed by atoms with Gasteiger partial charge in [0, 0.05) is 13.7 Å². The summed E-state index contributed by atoms with van der Waals surface area (Å²) in [6.45, 7) is 5.21. The summed E-state index contributed by atoms with van der Waals surface area (Å²) < 4.78 is 5.25. The lowest BCUT2D eigenvalue weighted by molar-refractivity contribution is 0.184. The van der Waals surface area contributed by atoms with Crippen molar-refractivity contribution >= 4 is 0 Å². The molecule has 2 heteroatoms. The van der Waals surface area contributed by atoms with Crippen LogP contribution in [0.5, 0.6) is 0 Å². The Bertz CT molecular complexity index is 369. The first kappa shape index (κ1) is 14.5. The van der Waals surface area contributed by atoms with E-state index in [0.29, 0.717) is 6.61 Å². The van der Waals surface area contributed by atoms with E-state index in [-0.39, 0.29) is 0 Å². The standard InChI is InChI=1S/C17H27NO/c1-14-7-9-15(10-8-14)11-18-12-16-5-3-4-6-17(16)13-19-2/h3-6,14-15,18H,7-13H2,1-2H3.